The summed E-state index contributed by atoms with van der Waals surface area (Å²) in [6.45, 7) is 1.70. The van der Waals surface area contributed by atoms with Crippen molar-refractivity contribution in [2.75, 3.05) is 0 Å². The van der Waals surface area contributed by atoms with Gasteiger partial charge in [-0.2, -0.15) is 0 Å². The fourth-order valence-corrected chi connectivity index (χ4v) is 2.74. The molecular weight excluding hydrogens is 314 g/mol. The van der Waals surface area contributed by atoms with Crippen molar-refractivity contribution in [2.24, 2.45) is 0 Å². The lowest BCUT2D eigenvalue weighted by molar-refractivity contribution is -0.137. The number of carbonyl (C=O) groups is 1. The first kappa shape index (κ1) is 15.3. The van der Waals surface area contributed by atoms with Crippen molar-refractivity contribution in [3.8, 4) is 11.1 Å². The molecule has 1 heterocycles. The molecule has 3 rings (SSSR count). The first-order valence-electron chi connectivity index (χ1n) is 7.07. The van der Waals surface area contributed by atoms with E-state index in [1.807, 2.05) is 19.1 Å². The maximum atomic E-state index is 12.8. The van der Waals surface area contributed by atoms with Crippen LogP contribution >= 0.6 is 11.6 Å². The van der Waals surface area contributed by atoms with Crippen LogP contribution in [-0.2, 0) is 11.3 Å². The van der Waals surface area contributed by atoms with Crippen LogP contribution in [-0.4, -0.2) is 15.6 Å². The highest BCUT2D eigenvalue weighted by atomic mass is 35.5. The lowest BCUT2D eigenvalue weighted by Crippen LogP contribution is -2.16. The Balaban J connectivity index is 2.33. The summed E-state index contributed by atoms with van der Waals surface area (Å²) in [4.78, 5) is 23.9. The van der Waals surface area contributed by atoms with Crippen LogP contribution in [0.25, 0.3) is 22.0 Å². The topological polar surface area (TPSA) is 59.3 Å². The van der Waals surface area contributed by atoms with Gasteiger partial charge >= 0.3 is 5.97 Å². The standard InChI is InChI=1S/C18H14ClNO3/c1-11-2-7-14-16(8-11)20(10-17(21)22)9-15(18(14)23)12-3-5-13(19)6-4-12/h2-9H,10H2,1H3,(H,21,22). The minimum absolute atomic E-state index is 0.121. The van der Waals surface area contributed by atoms with E-state index in [9.17, 15) is 9.59 Å². The van der Waals surface area contributed by atoms with E-state index in [0.29, 0.717) is 27.1 Å². The summed E-state index contributed by atoms with van der Waals surface area (Å²) in [5.74, 6) is -0.960. The molecular formula is C18H14ClNO3. The Kier molecular flexibility index (Phi) is 3.92. The number of aliphatic carboxylic acids is 1. The van der Waals surface area contributed by atoms with Gasteiger partial charge in [-0.25, -0.2) is 0 Å². The molecule has 2 aromatic carbocycles. The molecule has 0 unspecified atom stereocenters. The Labute approximate surface area is 137 Å². The number of rotatable bonds is 3. The third-order valence-electron chi connectivity index (χ3n) is 3.70. The van der Waals surface area contributed by atoms with E-state index in [2.05, 4.69) is 0 Å². The van der Waals surface area contributed by atoms with E-state index in [1.54, 1.807) is 41.1 Å². The maximum absolute atomic E-state index is 12.8. The zero-order valence-corrected chi connectivity index (χ0v) is 13.2. The zero-order chi connectivity index (χ0) is 16.6. The zero-order valence-electron chi connectivity index (χ0n) is 12.4. The number of aryl methyl sites for hydroxylation is 1. The highest BCUT2D eigenvalue weighted by Gasteiger charge is 2.12. The average molecular weight is 328 g/mol. The molecule has 0 saturated heterocycles. The lowest BCUT2D eigenvalue weighted by Gasteiger charge is -2.12. The van der Waals surface area contributed by atoms with Gasteiger partial charge in [0.1, 0.15) is 6.54 Å². The molecule has 4 nitrogen and oxygen atoms in total. The van der Waals surface area contributed by atoms with Gasteiger partial charge in [0, 0.05) is 22.2 Å². The first-order valence-corrected chi connectivity index (χ1v) is 7.45. The van der Waals surface area contributed by atoms with Crippen molar-refractivity contribution in [2.45, 2.75) is 13.5 Å². The molecule has 3 aromatic rings. The first-order chi connectivity index (χ1) is 11.0. The number of benzene rings is 2. The van der Waals surface area contributed by atoms with Crippen LogP contribution in [0, 0.1) is 6.92 Å². The summed E-state index contributed by atoms with van der Waals surface area (Å²) >= 11 is 5.89. The van der Waals surface area contributed by atoms with Crippen molar-refractivity contribution < 1.29 is 9.90 Å². The second kappa shape index (κ2) is 5.89. The molecule has 0 radical (unpaired) electrons. The maximum Gasteiger partial charge on any atom is 0.323 e. The van der Waals surface area contributed by atoms with Crippen molar-refractivity contribution >= 4 is 28.5 Å². The van der Waals surface area contributed by atoms with Gasteiger partial charge in [0.25, 0.3) is 0 Å². The highest BCUT2D eigenvalue weighted by Crippen LogP contribution is 2.22. The molecule has 1 N–H and O–H groups in total. The van der Waals surface area contributed by atoms with E-state index in [4.69, 9.17) is 16.7 Å². The van der Waals surface area contributed by atoms with Crippen LogP contribution in [0.15, 0.2) is 53.5 Å². The molecule has 0 spiro atoms. The third-order valence-corrected chi connectivity index (χ3v) is 3.95. The smallest absolute Gasteiger partial charge is 0.323 e. The fraction of sp³-hybridized carbons (Fsp3) is 0.111. The van der Waals surface area contributed by atoms with Crippen molar-refractivity contribution in [1.82, 2.24) is 4.57 Å². The molecule has 23 heavy (non-hydrogen) atoms. The van der Waals surface area contributed by atoms with Crippen LogP contribution in [0.5, 0.6) is 0 Å². The van der Waals surface area contributed by atoms with Crippen LogP contribution < -0.4 is 5.43 Å². The van der Waals surface area contributed by atoms with Crippen LogP contribution in [0.1, 0.15) is 5.56 Å². The molecule has 5 heteroatoms. The van der Waals surface area contributed by atoms with E-state index < -0.39 is 5.97 Å². The molecule has 0 bridgehead atoms. The number of pyridine rings is 1. The summed E-state index contributed by atoms with van der Waals surface area (Å²) in [5, 5.41) is 10.2. The number of hydrogen-bond donors (Lipinski definition) is 1. The normalized spacial score (nSPS) is 10.9. The van der Waals surface area contributed by atoms with Gasteiger partial charge in [0.15, 0.2) is 5.43 Å². The molecule has 0 atom stereocenters. The minimum atomic E-state index is -0.960. The predicted molar refractivity (Wildman–Crippen MR) is 91.0 cm³/mol. The molecule has 1 aromatic heterocycles. The van der Waals surface area contributed by atoms with Gasteiger partial charge < -0.3 is 9.67 Å². The Hall–Kier alpha value is -2.59. The predicted octanol–water partition coefficient (Wildman–Crippen LogP) is 3.71. The molecule has 116 valence electrons. The van der Waals surface area contributed by atoms with Gasteiger partial charge in [-0.3, -0.25) is 9.59 Å². The van der Waals surface area contributed by atoms with Gasteiger partial charge in [0.05, 0.1) is 5.52 Å². The Morgan fingerprint density at radius 1 is 1.17 bits per heavy atom. The van der Waals surface area contributed by atoms with Gasteiger partial charge in [-0.1, -0.05) is 29.8 Å². The van der Waals surface area contributed by atoms with Crippen LogP contribution in [0.2, 0.25) is 5.02 Å². The van der Waals surface area contributed by atoms with Crippen molar-refractivity contribution in [3.05, 3.63) is 69.5 Å². The SMILES string of the molecule is Cc1ccc2c(=O)c(-c3ccc(Cl)cc3)cn(CC(=O)O)c2c1. The fourth-order valence-electron chi connectivity index (χ4n) is 2.61. The number of halogens is 1. The van der Waals surface area contributed by atoms with E-state index in [-0.39, 0.29) is 12.0 Å². The summed E-state index contributed by atoms with van der Waals surface area (Å²) in [6.07, 6.45) is 1.60. The van der Waals surface area contributed by atoms with Gasteiger partial charge in [-0.05, 0) is 42.3 Å². The number of fused-ring (bicyclic) bond motifs is 1. The number of hydrogen-bond acceptors (Lipinski definition) is 2. The summed E-state index contributed by atoms with van der Waals surface area (Å²) in [5.41, 5.74) is 2.63. The Morgan fingerprint density at radius 2 is 1.87 bits per heavy atom. The minimum Gasteiger partial charge on any atom is -0.480 e. The van der Waals surface area contributed by atoms with Gasteiger partial charge in [0.2, 0.25) is 0 Å². The molecule has 0 aliphatic carbocycles. The van der Waals surface area contributed by atoms with Crippen LogP contribution in [0.3, 0.4) is 0 Å². The summed E-state index contributed by atoms with van der Waals surface area (Å²) in [7, 11) is 0. The number of carboxylic acid groups (broad SMARTS) is 1. The van der Waals surface area contributed by atoms with E-state index in [1.165, 1.54) is 0 Å². The molecule has 0 aliphatic heterocycles. The summed E-state index contributed by atoms with van der Waals surface area (Å²) in [6, 6.07) is 12.3. The molecule has 0 saturated carbocycles. The Morgan fingerprint density at radius 3 is 2.52 bits per heavy atom. The van der Waals surface area contributed by atoms with E-state index >= 15 is 0 Å². The molecule has 0 aliphatic rings. The average Bonchev–Trinajstić information content (AvgIpc) is 2.50. The largest absolute Gasteiger partial charge is 0.480 e. The lowest BCUT2D eigenvalue weighted by atomic mass is 10.0. The Bertz CT molecular complexity index is 958. The van der Waals surface area contributed by atoms with Crippen molar-refractivity contribution in [1.29, 1.82) is 0 Å². The molecule has 0 fully saturated rings. The quantitative estimate of drug-likeness (QED) is 0.797. The second-order valence-electron chi connectivity index (χ2n) is 5.42. The number of aromatic nitrogens is 1. The number of nitrogens with zero attached hydrogens (tertiary/aromatic N) is 1. The van der Waals surface area contributed by atoms with Crippen molar-refractivity contribution in [3.63, 3.8) is 0 Å². The summed E-state index contributed by atoms with van der Waals surface area (Å²) < 4.78 is 1.59. The molecule has 0 amide bonds. The highest BCUT2D eigenvalue weighted by molar-refractivity contribution is 6.30. The van der Waals surface area contributed by atoms with E-state index in [0.717, 1.165) is 5.56 Å². The number of carboxylic acids is 1. The monoisotopic (exact) mass is 327 g/mol. The van der Waals surface area contributed by atoms with Gasteiger partial charge in [-0.15, -0.1) is 0 Å². The van der Waals surface area contributed by atoms with Crippen LogP contribution in [0.4, 0.5) is 0 Å². The second-order valence-corrected chi connectivity index (χ2v) is 5.86. The third kappa shape index (κ3) is 2.98.